The Labute approximate surface area is 160 Å². The third-order valence-corrected chi connectivity index (χ3v) is 6.29. The Morgan fingerprint density at radius 3 is 2.74 bits per heavy atom. The lowest BCUT2D eigenvalue weighted by molar-refractivity contribution is -0.136. The minimum absolute atomic E-state index is 0.0966. The summed E-state index contributed by atoms with van der Waals surface area (Å²) in [6.07, 6.45) is 5.28. The van der Waals surface area contributed by atoms with Gasteiger partial charge in [0.1, 0.15) is 5.82 Å². The van der Waals surface area contributed by atoms with Gasteiger partial charge in [-0.25, -0.2) is 9.97 Å². The first-order valence-electron chi connectivity index (χ1n) is 10.1. The number of amides is 2. The van der Waals surface area contributed by atoms with E-state index >= 15 is 0 Å². The molecule has 1 aromatic heterocycles. The molecule has 1 aromatic rings. The number of likely N-dealkylation sites (tertiary alicyclic amines) is 2. The van der Waals surface area contributed by atoms with E-state index in [1.165, 1.54) is 0 Å². The molecule has 0 bridgehead atoms. The second kappa shape index (κ2) is 7.54. The molecule has 146 valence electrons. The van der Waals surface area contributed by atoms with E-state index < -0.39 is 0 Å². The molecule has 2 fully saturated rings. The lowest BCUT2D eigenvalue weighted by Crippen LogP contribution is -2.41. The first-order valence-corrected chi connectivity index (χ1v) is 10.1. The number of fused-ring (bicyclic) bond motifs is 1. The standard InChI is InChI=1S/C20H29N5O2/c1-3-24-12-15(10-18(24)26)20(27)25-9-6-17-16(13-25)11-21-19(22-17)14-4-7-23(2)8-5-14/h11,14-15H,3-10,12-13H2,1-2H3/t15-/m1/s1. The zero-order valence-corrected chi connectivity index (χ0v) is 16.4. The van der Waals surface area contributed by atoms with Crippen LogP contribution in [-0.4, -0.2) is 76.3 Å². The maximum Gasteiger partial charge on any atom is 0.228 e. The highest BCUT2D eigenvalue weighted by atomic mass is 16.2. The molecular formula is C20H29N5O2. The van der Waals surface area contributed by atoms with Crippen molar-refractivity contribution in [3.8, 4) is 0 Å². The fraction of sp³-hybridized carbons (Fsp3) is 0.700. The lowest BCUT2D eigenvalue weighted by atomic mass is 9.95. The van der Waals surface area contributed by atoms with Gasteiger partial charge < -0.3 is 14.7 Å². The summed E-state index contributed by atoms with van der Waals surface area (Å²) in [6, 6.07) is 0. The van der Waals surface area contributed by atoms with Crippen molar-refractivity contribution in [1.29, 1.82) is 0 Å². The Balaban J connectivity index is 1.42. The van der Waals surface area contributed by atoms with E-state index in [-0.39, 0.29) is 17.7 Å². The molecule has 3 aliphatic heterocycles. The van der Waals surface area contributed by atoms with Gasteiger partial charge in [-0.2, -0.15) is 0 Å². The van der Waals surface area contributed by atoms with E-state index in [1.54, 1.807) is 4.90 Å². The van der Waals surface area contributed by atoms with Crippen LogP contribution < -0.4 is 0 Å². The summed E-state index contributed by atoms with van der Waals surface area (Å²) in [5, 5.41) is 0. The number of carbonyl (C=O) groups excluding carboxylic acids is 2. The number of hydrogen-bond acceptors (Lipinski definition) is 5. The Morgan fingerprint density at radius 1 is 1.26 bits per heavy atom. The van der Waals surface area contributed by atoms with Crippen molar-refractivity contribution in [2.75, 3.05) is 39.8 Å². The van der Waals surface area contributed by atoms with Crippen molar-refractivity contribution in [3.05, 3.63) is 23.3 Å². The van der Waals surface area contributed by atoms with Gasteiger partial charge in [-0.3, -0.25) is 9.59 Å². The number of rotatable bonds is 3. The highest BCUT2D eigenvalue weighted by molar-refractivity contribution is 5.89. The van der Waals surface area contributed by atoms with Crippen LogP contribution in [0, 0.1) is 5.92 Å². The van der Waals surface area contributed by atoms with E-state index in [0.717, 1.165) is 49.4 Å². The summed E-state index contributed by atoms with van der Waals surface area (Å²) in [4.78, 5) is 40.3. The van der Waals surface area contributed by atoms with Crippen molar-refractivity contribution >= 4 is 11.8 Å². The molecule has 0 radical (unpaired) electrons. The highest BCUT2D eigenvalue weighted by Gasteiger charge is 2.37. The van der Waals surface area contributed by atoms with E-state index in [2.05, 4.69) is 16.9 Å². The zero-order valence-electron chi connectivity index (χ0n) is 16.4. The number of hydrogen-bond donors (Lipinski definition) is 0. The normalized spacial score (nSPS) is 24.4. The van der Waals surface area contributed by atoms with Gasteiger partial charge in [-0.1, -0.05) is 0 Å². The van der Waals surface area contributed by atoms with Crippen LogP contribution in [0.5, 0.6) is 0 Å². The molecule has 4 heterocycles. The van der Waals surface area contributed by atoms with Crippen molar-refractivity contribution in [2.24, 2.45) is 5.92 Å². The Hall–Kier alpha value is -2.02. The van der Waals surface area contributed by atoms with Crippen LogP contribution in [-0.2, 0) is 22.6 Å². The predicted octanol–water partition coefficient (Wildman–Crippen LogP) is 1.04. The third-order valence-electron chi connectivity index (χ3n) is 6.29. The number of aromatic nitrogens is 2. The largest absolute Gasteiger partial charge is 0.342 e. The van der Waals surface area contributed by atoms with Crippen LogP contribution in [0.15, 0.2) is 6.20 Å². The molecule has 7 nitrogen and oxygen atoms in total. The lowest BCUT2D eigenvalue weighted by Gasteiger charge is -2.31. The maximum atomic E-state index is 12.9. The minimum atomic E-state index is -0.196. The average Bonchev–Trinajstić information content (AvgIpc) is 3.08. The molecule has 27 heavy (non-hydrogen) atoms. The van der Waals surface area contributed by atoms with E-state index in [0.29, 0.717) is 38.5 Å². The second-order valence-corrected chi connectivity index (χ2v) is 8.12. The molecule has 0 aliphatic carbocycles. The van der Waals surface area contributed by atoms with Crippen LogP contribution in [0.3, 0.4) is 0 Å². The van der Waals surface area contributed by atoms with Gasteiger partial charge in [0.25, 0.3) is 0 Å². The molecule has 0 unspecified atom stereocenters. The molecule has 0 aromatic carbocycles. The maximum absolute atomic E-state index is 12.9. The van der Waals surface area contributed by atoms with Gasteiger partial charge in [0.2, 0.25) is 11.8 Å². The average molecular weight is 371 g/mol. The summed E-state index contributed by atoms with van der Waals surface area (Å²) in [5.41, 5.74) is 2.16. The van der Waals surface area contributed by atoms with Crippen LogP contribution in [0.1, 0.15) is 49.2 Å². The quantitative estimate of drug-likeness (QED) is 0.794. The van der Waals surface area contributed by atoms with E-state index in [1.807, 2.05) is 18.0 Å². The highest BCUT2D eigenvalue weighted by Crippen LogP contribution is 2.28. The predicted molar refractivity (Wildman–Crippen MR) is 101 cm³/mol. The van der Waals surface area contributed by atoms with Crippen molar-refractivity contribution < 1.29 is 9.59 Å². The summed E-state index contributed by atoms with van der Waals surface area (Å²) < 4.78 is 0. The summed E-state index contributed by atoms with van der Waals surface area (Å²) >= 11 is 0. The molecule has 0 spiro atoms. The minimum Gasteiger partial charge on any atom is -0.342 e. The van der Waals surface area contributed by atoms with Gasteiger partial charge in [-0.05, 0) is 39.9 Å². The SMILES string of the molecule is CCN1C[C@H](C(=O)N2CCc3nc(C4CCN(C)CC4)ncc3C2)CC1=O. The van der Waals surface area contributed by atoms with E-state index in [4.69, 9.17) is 4.98 Å². The number of piperidine rings is 1. The first-order chi connectivity index (χ1) is 13.0. The van der Waals surface area contributed by atoms with Gasteiger partial charge in [0.15, 0.2) is 0 Å². The van der Waals surface area contributed by atoms with Gasteiger partial charge in [-0.15, -0.1) is 0 Å². The zero-order chi connectivity index (χ0) is 19.0. The van der Waals surface area contributed by atoms with Crippen molar-refractivity contribution in [1.82, 2.24) is 24.7 Å². The fourth-order valence-electron chi connectivity index (χ4n) is 4.48. The van der Waals surface area contributed by atoms with Crippen LogP contribution in [0.4, 0.5) is 0 Å². The van der Waals surface area contributed by atoms with Gasteiger partial charge in [0, 0.05) is 56.7 Å². The molecule has 0 saturated carbocycles. The molecule has 7 heteroatoms. The summed E-state index contributed by atoms with van der Waals surface area (Å²) in [5.74, 6) is 1.43. The summed E-state index contributed by atoms with van der Waals surface area (Å²) in [6.45, 7) is 6.65. The molecule has 0 N–H and O–H groups in total. The molecule has 2 amide bonds. The molecule has 4 rings (SSSR count). The molecule has 3 aliphatic rings. The Morgan fingerprint density at radius 2 is 2.04 bits per heavy atom. The molecule has 2 saturated heterocycles. The van der Waals surface area contributed by atoms with Gasteiger partial charge in [0.05, 0.1) is 11.6 Å². The van der Waals surface area contributed by atoms with Crippen LogP contribution >= 0.6 is 0 Å². The Bertz CT molecular complexity index is 729. The topological polar surface area (TPSA) is 69.6 Å². The second-order valence-electron chi connectivity index (χ2n) is 8.12. The summed E-state index contributed by atoms with van der Waals surface area (Å²) in [7, 11) is 2.16. The van der Waals surface area contributed by atoms with Crippen molar-refractivity contribution in [2.45, 2.75) is 45.1 Å². The Kier molecular flexibility index (Phi) is 5.12. The fourth-order valence-corrected chi connectivity index (χ4v) is 4.48. The van der Waals surface area contributed by atoms with Crippen LogP contribution in [0.2, 0.25) is 0 Å². The smallest absolute Gasteiger partial charge is 0.228 e. The van der Waals surface area contributed by atoms with Crippen molar-refractivity contribution in [3.63, 3.8) is 0 Å². The number of carbonyl (C=O) groups is 2. The van der Waals surface area contributed by atoms with Gasteiger partial charge >= 0.3 is 0 Å². The van der Waals surface area contributed by atoms with E-state index in [9.17, 15) is 9.59 Å². The third kappa shape index (κ3) is 3.70. The molecule has 1 atom stereocenters. The first kappa shape index (κ1) is 18.3. The monoisotopic (exact) mass is 371 g/mol. The van der Waals surface area contributed by atoms with Crippen LogP contribution in [0.25, 0.3) is 0 Å². The number of nitrogens with zero attached hydrogens (tertiary/aromatic N) is 5. The molecular weight excluding hydrogens is 342 g/mol.